The van der Waals surface area contributed by atoms with Crippen molar-refractivity contribution >= 4 is 0 Å². The summed E-state index contributed by atoms with van der Waals surface area (Å²) in [5, 5.41) is 29.6. The molecule has 155 valence electrons. The van der Waals surface area contributed by atoms with Gasteiger partial charge in [-0.05, 0) is 47.5 Å². The molecule has 0 aliphatic rings. The number of aromatic nitrogens is 3. The molecule has 3 rings (SSSR count). The van der Waals surface area contributed by atoms with Crippen LogP contribution in [0.4, 0.5) is 0 Å². The van der Waals surface area contributed by atoms with Crippen molar-refractivity contribution in [2.75, 3.05) is 13.7 Å². The molecule has 1 heterocycles. The number of unbranched alkanes of at least 4 members (excludes halogenated alkanes) is 3. The first-order chi connectivity index (χ1) is 14.2. The van der Waals surface area contributed by atoms with Crippen LogP contribution in [0.5, 0.6) is 11.5 Å². The highest BCUT2D eigenvalue weighted by molar-refractivity contribution is 5.29. The summed E-state index contributed by atoms with van der Waals surface area (Å²) in [5.41, 5.74) is 2.09. The molecule has 1 aromatic heterocycles. The van der Waals surface area contributed by atoms with Crippen LogP contribution in [0.25, 0.3) is 0 Å². The lowest BCUT2D eigenvalue weighted by Gasteiger charge is -2.02. The SMILES string of the molecule is CCCCCC[O].COc1ccc(Cc2ccnnn2)cc1.Oc1ccccc1. The standard InChI is InChI=1S/C11H11N3O.C6H6O.C6H13O/c1-15-11-4-2-9(3-5-11)8-10-6-7-12-14-13-10;7-6-4-2-1-3-5-6;1-2-3-4-5-6-7/h2-7H,8H2,1H3;1-5,7H;2-6H2,1H3. The van der Waals surface area contributed by atoms with Crippen molar-refractivity contribution in [2.24, 2.45) is 0 Å². The molecule has 0 saturated carbocycles. The van der Waals surface area contributed by atoms with Crippen LogP contribution in [0, 0.1) is 0 Å². The van der Waals surface area contributed by atoms with Gasteiger partial charge in [-0.25, -0.2) is 5.11 Å². The summed E-state index contributed by atoms with van der Waals surface area (Å²) in [7, 11) is 1.66. The molecule has 29 heavy (non-hydrogen) atoms. The molecule has 1 N–H and O–H groups in total. The molecule has 1 radical (unpaired) electrons. The Morgan fingerprint density at radius 2 is 1.66 bits per heavy atom. The molecule has 0 aliphatic carbocycles. The zero-order chi connectivity index (χ0) is 21.2. The quantitative estimate of drug-likeness (QED) is 0.576. The van der Waals surface area contributed by atoms with Crippen LogP contribution in [0.15, 0.2) is 66.9 Å². The Hall–Kier alpha value is -2.99. The topological polar surface area (TPSA) is 88.0 Å². The first kappa shape index (κ1) is 24.0. The minimum Gasteiger partial charge on any atom is -0.508 e. The van der Waals surface area contributed by atoms with Crippen LogP contribution in [0.1, 0.15) is 43.9 Å². The third-order valence-corrected chi connectivity index (χ3v) is 3.86. The maximum Gasteiger partial charge on any atom is 0.118 e. The molecule has 0 saturated heterocycles. The molecule has 0 bridgehead atoms. The highest BCUT2D eigenvalue weighted by Crippen LogP contribution is 2.13. The molecule has 0 fully saturated rings. The number of benzene rings is 2. The first-order valence-electron chi connectivity index (χ1n) is 9.77. The maximum absolute atomic E-state index is 9.80. The predicted molar refractivity (Wildman–Crippen MR) is 113 cm³/mol. The van der Waals surface area contributed by atoms with Crippen molar-refractivity contribution in [1.29, 1.82) is 0 Å². The Bertz CT molecular complexity index is 734. The molecule has 0 spiro atoms. The van der Waals surface area contributed by atoms with E-state index in [-0.39, 0.29) is 6.61 Å². The average molecular weight is 397 g/mol. The van der Waals surface area contributed by atoms with Crippen molar-refractivity contribution in [1.82, 2.24) is 15.4 Å². The van der Waals surface area contributed by atoms with Gasteiger partial charge < -0.3 is 9.84 Å². The highest BCUT2D eigenvalue weighted by atomic mass is 16.5. The van der Waals surface area contributed by atoms with Gasteiger partial charge in [-0.3, -0.25) is 0 Å². The van der Waals surface area contributed by atoms with Crippen LogP contribution >= 0.6 is 0 Å². The molecule has 0 amide bonds. The van der Waals surface area contributed by atoms with E-state index in [1.54, 1.807) is 37.6 Å². The Kier molecular flexibility index (Phi) is 13.3. The van der Waals surface area contributed by atoms with E-state index in [2.05, 4.69) is 22.3 Å². The summed E-state index contributed by atoms with van der Waals surface area (Å²) >= 11 is 0. The van der Waals surface area contributed by atoms with Gasteiger partial charge in [-0.15, -0.1) is 10.2 Å². The van der Waals surface area contributed by atoms with Gasteiger partial charge in [0.15, 0.2) is 0 Å². The lowest BCUT2D eigenvalue weighted by atomic mass is 10.1. The number of methoxy groups -OCH3 is 1. The molecular weight excluding hydrogens is 366 g/mol. The fraction of sp³-hybridized carbons (Fsp3) is 0.348. The molecule has 3 aromatic rings. The monoisotopic (exact) mass is 396 g/mol. The summed E-state index contributed by atoms with van der Waals surface area (Å²) in [6.45, 7) is 2.25. The second kappa shape index (κ2) is 16.0. The lowest BCUT2D eigenvalue weighted by Crippen LogP contribution is -1.95. The molecule has 0 aliphatic heterocycles. The highest BCUT2D eigenvalue weighted by Gasteiger charge is 1.98. The van der Waals surface area contributed by atoms with Crippen molar-refractivity contribution < 1.29 is 14.9 Å². The number of hydrogen-bond acceptors (Lipinski definition) is 5. The van der Waals surface area contributed by atoms with E-state index < -0.39 is 0 Å². The fourth-order valence-electron chi connectivity index (χ4n) is 2.27. The lowest BCUT2D eigenvalue weighted by molar-refractivity contribution is 0.186. The van der Waals surface area contributed by atoms with E-state index in [1.165, 1.54) is 18.4 Å². The number of phenols is 1. The number of para-hydroxylation sites is 1. The van der Waals surface area contributed by atoms with Gasteiger partial charge in [0.05, 0.1) is 25.6 Å². The van der Waals surface area contributed by atoms with Crippen molar-refractivity contribution in [3.63, 3.8) is 0 Å². The van der Waals surface area contributed by atoms with Gasteiger partial charge in [-0.2, -0.15) is 0 Å². The van der Waals surface area contributed by atoms with Gasteiger partial charge in [0.25, 0.3) is 0 Å². The number of hydrogen-bond donors (Lipinski definition) is 1. The van der Waals surface area contributed by atoms with E-state index in [0.717, 1.165) is 30.7 Å². The minimum atomic E-state index is 0.111. The van der Waals surface area contributed by atoms with Gasteiger partial charge in [-0.1, -0.05) is 56.5 Å². The van der Waals surface area contributed by atoms with Gasteiger partial charge in [0.1, 0.15) is 11.5 Å². The van der Waals surface area contributed by atoms with Crippen molar-refractivity contribution in [3.05, 3.63) is 78.1 Å². The summed E-state index contributed by atoms with van der Waals surface area (Å²) in [5.74, 6) is 1.18. The van der Waals surface area contributed by atoms with E-state index in [1.807, 2.05) is 36.4 Å². The Morgan fingerprint density at radius 3 is 2.14 bits per heavy atom. The normalized spacial score (nSPS) is 9.48. The Labute approximate surface area is 173 Å². The predicted octanol–water partition coefficient (Wildman–Crippen LogP) is 4.86. The Balaban J connectivity index is 0.000000251. The number of aromatic hydroxyl groups is 1. The molecule has 0 unspecified atom stereocenters. The molecule has 6 heteroatoms. The Morgan fingerprint density at radius 1 is 0.931 bits per heavy atom. The van der Waals surface area contributed by atoms with Crippen LogP contribution in [-0.4, -0.2) is 34.2 Å². The molecule has 2 aromatic carbocycles. The van der Waals surface area contributed by atoms with E-state index in [9.17, 15) is 5.11 Å². The minimum absolute atomic E-state index is 0.111. The largest absolute Gasteiger partial charge is 0.508 e. The zero-order valence-corrected chi connectivity index (χ0v) is 17.2. The maximum atomic E-state index is 9.80. The third kappa shape index (κ3) is 12.2. The van der Waals surface area contributed by atoms with Gasteiger partial charge in [0.2, 0.25) is 0 Å². The van der Waals surface area contributed by atoms with Crippen LogP contribution < -0.4 is 4.74 Å². The van der Waals surface area contributed by atoms with Gasteiger partial charge in [0, 0.05) is 6.42 Å². The third-order valence-electron chi connectivity index (χ3n) is 3.86. The average Bonchev–Trinajstić information content (AvgIpc) is 2.77. The molecule has 0 atom stereocenters. The summed E-state index contributed by atoms with van der Waals surface area (Å²) in [6.07, 6.45) is 6.85. The van der Waals surface area contributed by atoms with Crippen LogP contribution in [-0.2, 0) is 11.5 Å². The smallest absolute Gasteiger partial charge is 0.118 e. The van der Waals surface area contributed by atoms with Crippen LogP contribution in [0.3, 0.4) is 0 Å². The van der Waals surface area contributed by atoms with E-state index in [0.29, 0.717) is 5.75 Å². The summed E-state index contributed by atoms with van der Waals surface area (Å²) < 4.78 is 5.08. The van der Waals surface area contributed by atoms with Crippen LogP contribution in [0.2, 0.25) is 0 Å². The number of nitrogens with zero attached hydrogens (tertiary/aromatic N) is 3. The van der Waals surface area contributed by atoms with Crippen molar-refractivity contribution in [3.8, 4) is 11.5 Å². The summed E-state index contributed by atoms with van der Waals surface area (Å²) in [4.78, 5) is 0. The number of rotatable bonds is 7. The number of phenolic OH excluding ortho intramolecular Hbond substituents is 1. The van der Waals surface area contributed by atoms with Gasteiger partial charge >= 0.3 is 0 Å². The first-order valence-corrected chi connectivity index (χ1v) is 9.77. The second-order valence-corrected chi connectivity index (χ2v) is 6.24. The molecular formula is C23H30N3O3. The fourth-order valence-corrected chi connectivity index (χ4v) is 2.27. The van der Waals surface area contributed by atoms with Crippen molar-refractivity contribution in [2.45, 2.75) is 39.0 Å². The number of ether oxygens (including phenoxy) is 1. The zero-order valence-electron chi connectivity index (χ0n) is 17.2. The van der Waals surface area contributed by atoms with E-state index in [4.69, 9.17) is 9.84 Å². The summed E-state index contributed by atoms with van der Waals surface area (Å²) in [6, 6.07) is 18.5. The van der Waals surface area contributed by atoms with E-state index >= 15 is 0 Å². The molecule has 6 nitrogen and oxygen atoms in total. The second-order valence-electron chi connectivity index (χ2n) is 6.24.